The molecule has 3 nitrogen and oxygen atoms in total. The van der Waals surface area contributed by atoms with Crippen molar-refractivity contribution in [2.45, 2.75) is 12.8 Å². The lowest BCUT2D eigenvalue weighted by Crippen LogP contribution is -2.47. The van der Waals surface area contributed by atoms with E-state index in [1.54, 1.807) is 7.11 Å². The number of oxime groups is 1. The van der Waals surface area contributed by atoms with Gasteiger partial charge in [-0.2, -0.15) is 0 Å². The summed E-state index contributed by atoms with van der Waals surface area (Å²) in [5, 5.41) is 3.86. The van der Waals surface area contributed by atoms with Crippen molar-refractivity contribution in [3.05, 3.63) is 0 Å². The van der Waals surface area contributed by atoms with Crippen LogP contribution in [-0.4, -0.2) is 37.9 Å². The number of nitrogens with zero attached hydrogens (tertiary/aromatic N) is 2. The molecule has 0 N–H and O–H groups in total. The Kier molecular flexibility index (Phi) is 2.30. The molecule has 1 atom stereocenters. The number of rotatable bonds is 2. The van der Waals surface area contributed by atoms with Crippen LogP contribution in [0.1, 0.15) is 12.8 Å². The Hall–Kier alpha value is -0.570. The molecule has 3 aliphatic rings. The first-order valence-corrected chi connectivity index (χ1v) is 4.69. The monoisotopic (exact) mass is 168 g/mol. The van der Waals surface area contributed by atoms with Crippen LogP contribution in [0.4, 0.5) is 0 Å². The van der Waals surface area contributed by atoms with Crippen LogP contribution in [0.3, 0.4) is 0 Å². The Bertz CT molecular complexity index is 173. The summed E-state index contributed by atoms with van der Waals surface area (Å²) >= 11 is 0. The van der Waals surface area contributed by atoms with E-state index in [9.17, 15) is 0 Å². The fraction of sp³-hybridized carbons (Fsp3) is 0.889. The molecule has 0 aromatic heterocycles. The van der Waals surface area contributed by atoms with Gasteiger partial charge in [0.2, 0.25) is 0 Å². The van der Waals surface area contributed by atoms with E-state index in [0.717, 1.165) is 5.92 Å². The molecule has 3 heterocycles. The van der Waals surface area contributed by atoms with Crippen molar-refractivity contribution in [2.24, 2.45) is 17.0 Å². The molecule has 3 fully saturated rings. The second-order valence-corrected chi connectivity index (χ2v) is 3.74. The van der Waals surface area contributed by atoms with Gasteiger partial charge in [0.15, 0.2) is 0 Å². The Morgan fingerprint density at radius 3 is 2.67 bits per heavy atom. The third kappa shape index (κ3) is 1.46. The first-order valence-electron chi connectivity index (χ1n) is 4.69. The summed E-state index contributed by atoms with van der Waals surface area (Å²) in [5.41, 5.74) is 0. The molecule has 3 saturated heterocycles. The minimum atomic E-state index is 0.646. The molecule has 0 aromatic rings. The summed E-state index contributed by atoms with van der Waals surface area (Å²) in [6, 6.07) is 0. The van der Waals surface area contributed by atoms with Gasteiger partial charge in [0.1, 0.15) is 7.11 Å². The highest BCUT2D eigenvalue weighted by atomic mass is 16.6. The summed E-state index contributed by atoms with van der Waals surface area (Å²) in [4.78, 5) is 7.22. The quantitative estimate of drug-likeness (QED) is 0.453. The normalized spacial score (nSPS) is 40.6. The molecular formula is C9H16N2O. The predicted octanol–water partition coefficient (Wildman–Crippen LogP) is 0.960. The number of fused-ring (bicyclic) bond motifs is 3. The third-order valence-electron chi connectivity index (χ3n) is 3.06. The summed E-state index contributed by atoms with van der Waals surface area (Å²) < 4.78 is 0. The molecule has 3 aliphatic heterocycles. The minimum Gasteiger partial charge on any atom is -0.399 e. The summed E-state index contributed by atoms with van der Waals surface area (Å²) in [5.74, 6) is 1.52. The highest BCUT2D eigenvalue weighted by Crippen LogP contribution is 2.30. The van der Waals surface area contributed by atoms with E-state index in [0.29, 0.717) is 5.92 Å². The molecule has 0 aliphatic carbocycles. The van der Waals surface area contributed by atoms with Crippen molar-refractivity contribution in [2.75, 3.05) is 26.7 Å². The van der Waals surface area contributed by atoms with Crippen molar-refractivity contribution >= 4 is 6.21 Å². The van der Waals surface area contributed by atoms with Gasteiger partial charge in [0.25, 0.3) is 0 Å². The highest BCUT2D eigenvalue weighted by molar-refractivity contribution is 5.61. The zero-order valence-electron chi connectivity index (χ0n) is 7.57. The molecule has 12 heavy (non-hydrogen) atoms. The molecule has 68 valence electrons. The van der Waals surface area contributed by atoms with E-state index >= 15 is 0 Å². The molecule has 0 radical (unpaired) electrons. The molecular weight excluding hydrogens is 152 g/mol. The standard InChI is InChI=1S/C9H16N2O/c1-12-10-6-9-7-11-4-2-8(9)3-5-11/h6,8-9H,2-5,7H2,1H3. The summed E-state index contributed by atoms with van der Waals surface area (Å²) in [6.45, 7) is 3.78. The molecule has 0 saturated carbocycles. The van der Waals surface area contributed by atoms with Gasteiger partial charge in [-0.1, -0.05) is 5.16 Å². The van der Waals surface area contributed by atoms with Crippen molar-refractivity contribution in [1.82, 2.24) is 4.90 Å². The average molecular weight is 168 g/mol. The smallest absolute Gasteiger partial charge is 0.106 e. The van der Waals surface area contributed by atoms with Crippen molar-refractivity contribution in [3.63, 3.8) is 0 Å². The largest absolute Gasteiger partial charge is 0.399 e. The Balaban J connectivity index is 1.95. The maximum absolute atomic E-state index is 4.70. The van der Waals surface area contributed by atoms with Gasteiger partial charge in [-0.15, -0.1) is 0 Å². The van der Waals surface area contributed by atoms with Gasteiger partial charge in [-0.05, 0) is 31.8 Å². The minimum absolute atomic E-state index is 0.646. The summed E-state index contributed by atoms with van der Waals surface area (Å²) in [7, 11) is 1.61. The fourth-order valence-electron chi connectivity index (χ4n) is 2.32. The van der Waals surface area contributed by atoms with E-state index in [1.165, 1.54) is 32.5 Å². The van der Waals surface area contributed by atoms with Gasteiger partial charge < -0.3 is 9.74 Å². The average Bonchev–Trinajstić information content (AvgIpc) is 2.17. The first-order chi connectivity index (χ1) is 5.90. The fourth-order valence-corrected chi connectivity index (χ4v) is 2.32. The van der Waals surface area contributed by atoms with Gasteiger partial charge in [0.05, 0.1) is 0 Å². The van der Waals surface area contributed by atoms with Crippen LogP contribution >= 0.6 is 0 Å². The summed E-state index contributed by atoms with van der Waals surface area (Å²) in [6.07, 6.45) is 4.68. The van der Waals surface area contributed by atoms with Crippen LogP contribution in [0, 0.1) is 11.8 Å². The lowest BCUT2D eigenvalue weighted by atomic mass is 9.80. The second kappa shape index (κ2) is 3.44. The number of hydrogen-bond donors (Lipinski definition) is 0. The van der Waals surface area contributed by atoms with Crippen LogP contribution in [0.25, 0.3) is 0 Å². The van der Waals surface area contributed by atoms with Crippen LogP contribution in [0.15, 0.2) is 5.16 Å². The lowest BCUT2D eigenvalue weighted by Gasteiger charge is -2.43. The van der Waals surface area contributed by atoms with Crippen LogP contribution in [0.5, 0.6) is 0 Å². The van der Waals surface area contributed by atoms with Crippen molar-refractivity contribution in [3.8, 4) is 0 Å². The van der Waals surface area contributed by atoms with E-state index in [1.807, 2.05) is 6.21 Å². The molecule has 3 heteroatoms. The lowest BCUT2D eigenvalue weighted by molar-refractivity contribution is 0.0818. The third-order valence-corrected chi connectivity index (χ3v) is 3.06. The first kappa shape index (κ1) is 8.05. The van der Waals surface area contributed by atoms with Crippen LogP contribution in [0.2, 0.25) is 0 Å². The van der Waals surface area contributed by atoms with E-state index in [-0.39, 0.29) is 0 Å². The van der Waals surface area contributed by atoms with Gasteiger partial charge >= 0.3 is 0 Å². The van der Waals surface area contributed by atoms with Crippen LogP contribution < -0.4 is 0 Å². The maximum Gasteiger partial charge on any atom is 0.106 e. The second-order valence-electron chi connectivity index (χ2n) is 3.74. The molecule has 0 spiro atoms. The Morgan fingerprint density at radius 1 is 1.42 bits per heavy atom. The Labute approximate surface area is 73.4 Å². The van der Waals surface area contributed by atoms with E-state index < -0.39 is 0 Å². The van der Waals surface area contributed by atoms with Gasteiger partial charge in [-0.25, -0.2) is 0 Å². The van der Waals surface area contributed by atoms with Gasteiger partial charge in [-0.3, -0.25) is 0 Å². The maximum atomic E-state index is 4.70. The van der Waals surface area contributed by atoms with Crippen molar-refractivity contribution in [1.29, 1.82) is 0 Å². The number of hydrogen-bond acceptors (Lipinski definition) is 3. The molecule has 1 unspecified atom stereocenters. The zero-order chi connectivity index (χ0) is 8.39. The zero-order valence-corrected chi connectivity index (χ0v) is 7.57. The topological polar surface area (TPSA) is 24.8 Å². The number of piperidine rings is 3. The van der Waals surface area contributed by atoms with E-state index in [2.05, 4.69) is 10.1 Å². The highest BCUT2D eigenvalue weighted by Gasteiger charge is 2.32. The SMILES string of the molecule is CON=CC1CN2CCC1CC2. The molecule has 3 rings (SSSR count). The molecule has 2 bridgehead atoms. The van der Waals surface area contributed by atoms with Gasteiger partial charge in [0, 0.05) is 18.7 Å². The molecule has 0 aromatic carbocycles. The Morgan fingerprint density at radius 2 is 2.17 bits per heavy atom. The van der Waals surface area contributed by atoms with Crippen molar-refractivity contribution < 1.29 is 4.84 Å². The van der Waals surface area contributed by atoms with E-state index in [4.69, 9.17) is 4.84 Å². The molecule has 0 amide bonds. The van der Waals surface area contributed by atoms with Crippen LogP contribution in [-0.2, 0) is 4.84 Å². The predicted molar refractivity (Wildman–Crippen MR) is 48.2 cm³/mol.